The van der Waals surface area contributed by atoms with E-state index in [-0.39, 0.29) is 6.61 Å². The Balaban J connectivity index is 2.58. The third-order valence-corrected chi connectivity index (χ3v) is 3.06. The first-order valence-corrected chi connectivity index (χ1v) is 5.84. The van der Waals surface area contributed by atoms with Gasteiger partial charge in [-0.15, -0.1) is 0 Å². The second-order valence-electron chi connectivity index (χ2n) is 4.14. The molecule has 0 aliphatic carbocycles. The monoisotopic (exact) mass is 218 g/mol. The van der Waals surface area contributed by atoms with Crippen LogP contribution >= 0.6 is 0 Å². The Morgan fingerprint density at radius 1 is 1.38 bits per heavy atom. The van der Waals surface area contributed by atoms with Gasteiger partial charge in [0.2, 0.25) is 0 Å². The van der Waals surface area contributed by atoms with Crippen molar-refractivity contribution in [1.82, 2.24) is 9.55 Å². The molecule has 0 aliphatic heterocycles. The van der Waals surface area contributed by atoms with Crippen LogP contribution in [0.2, 0.25) is 0 Å². The van der Waals surface area contributed by atoms with Crippen LogP contribution in [-0.4, -0.2) is 21.3 Å². The molecule has 16 heavy (non-hydrogen) atoms. The lowest BCUT2D eigenvalue weighted by Crippen LogP contribution is -2.09. The molecular formula is C13H18N2O. The summed E-state index contributed by atoms with van der Waals surface area (Å²) in [7, 11) is 0. The summed E-state index contributed by atoms with van der Waals surface area (Å²) in [5.41, 5.74) is 2.14. The lowest BCUT2D eigenvalue weighted by Gasteiger charge is -2.11. The molecule has 1 aromatic heterocycles. The van der Waals surface area contributed by atoms with Crippen LogP contribution in [0.15, 0.2) is 24.3 Å². The molecule has 1 N–H and O–H groups in total. The van der Waals surface area contributed by atoms with Crippen LogP contribution in [0.4, 0.5) is 0 Å². The van der Waals surface area contributed by atoms with Gasteiger partial charge in [-0.2, -0.15) is 0 Å². The van der Waals surface area contributed by atoms with Gasteiger partial charge in [-0.1, -0.05) is 26.0 Å². The number of aliphatic hydroxyl groups is 1. The Bertz CT molecular complexity index is 476. The van der Waals surface area contributed by atoms with Gasteiger partial charge in [0, 0.05) is 12.5 Å². The van der Waals surface area contributed by atoms with Crippen molar-refractivity contribution in [3.63, 3.8) is 0 Å². The first-order chi connectivity index (χ1) is 7.77. The maximum absolute atomic E-state index is 9.13. The fraction of sp³-hybridized carbons (Fsp3) is 0.462. The summed E-state index contributed by atoms with van der Waals surface area (Å²) >= 11 is 0. The van der Waals surface area contributed by atoms with Gasteiger partial charge < -0.3 is 9.67 Å². The Morgan fingerprint density at radius 2 is 2.12 bits per heavy atom. The Morgan fingerprint density at radius 3 is 2.81 bits per heavy atom. The molecule has 1 unspecified atom stereocenters. The number of aliphatic hydroxyl groups excluding tert-OH is 1. The van der Waals surface area contributed by atoms with Gasteiger partial charge in [-0.3, -0.25) is 0 Å². The highest BCUT2D eigenvalue weighted by Gasteiger charge is 2.14. The molecule has 2 aromatic rings. The number of hydrogen-bond donors (Lipinski definition) is 1. The number of para-hydroxylation sites is 2. The summed E-state index contributed by atoms with van der Waals surface area (Å²) in [5.74, 6) is 1.51. The van der Waals surface area contributed by atoms with Crippen LogP contribution in [0.5, 0.6) is 0 Å². The molecule has 0 saturated heterocycles. The van der Waals surface area contributed by atoms with Crippen molar-refractivity contribution in [1.29, 1.82) is 0 Å². The molecular weight excluding hydrogens is 200 g/mol. The molecule has 0 spiro atoms. The lowest BCUT2D eigenvalue weighted by molar-refractivity contribution is 0.275. The average molecular weight is 218 g/mol. The number of imidazole rings is 1. The third-order valence-electron chi connectivity index (χ3n) is 3.06. The number of nitrogens with zero attached hydrogens (tertiary/aromatic N) is 2. The molecule has 3 heteroatoms. The van der Waals surface area contributed by atoms with Crippen molar-refractivity contribution in [3.8, 4) is 0 Å². The van der Waals surface area contributed by atoms with E-state index >= 15 is 0 Å². The van der Waals surface area contributed by atoms with Gasteiger partial charge in [0.05, 0.1) is 17.6 Å². The molecule has 0 aliphatic rings. The molecule has 0 fully saturated rings. The normalized spacial score (nSPS) is 13.2. The van der Waals surface area contributed by atoms with Crippen LogP contribution in [-0.2, 0) is 6.54 Å². The van der Waals surface area contributed by atoms with E-state index in [1.165, 1.54) is 0 Å². The Kier molecular flexibility index (Phi) is 3.25. The van der Waals surface area contributed by atoms with Gasteiger partial charge in [0.25, 0.3) is 0 Å². The maximum Gasteiger partial charge on any atom is 0.112 e. The second-order valence-corrected chi connectivity index (χ2v) is 4.14. The van der Waals surface area contributed by atoms with E-state index in [0.29, 0.717) is 12.5 Å². The highest BCUT2D eigenvalue weighted by molar-refractivity contribution is 5.76. The number of aromatic nitrogens is 2. The average Bonchev–Trinajstić information content (AvgIpc) is 2.68. The van der Waals surface area contributed by atoms with Crippen molar-refractivity contribution in [3.05, 3.63) is 30.1 Å². The fourth-order valence-electron chi connectivity index (χ4n) is 1.99. The molecule has 1 heterocycles. The molecule has 86 valence electrons. The highest BCUT2D eigenvalue weighted by Crippen LogP contribution is 2.23. The molecule has 1 atom stereocenters. The minimum absolute atomic E-state index is 0.157. The van der Waals surface area contributed by atoms with Gasteiger partial charge in [-0.05, 0) is 18.6 Å². The summed E-state index contributed by atoms with van der Waals surface area (Å²) in [6.45, 7) is 5.12. The van der Waals surface area contributed by atoms with Crippen LogP contribution in [0.1, 0.15) is 32.0 Å². The van der Waals surface area contributed by atoms with Gasteiger partial charge in [-0.25, -0.2) is 4.98 Å². The van der Waals surface area contributed by atoms with Gasteiger partial charge in [0.1, 0.15) is 5.82 Å². The summed E-state index contributed by atoms with van der Waals surface area (Å²) in [5, 5.41) is 9.13. The van der Waals surface area contributed by atoms with Crippen LogP contribution in [0.25, 0.3) is 11.0 Å². The molecule has 0 bridgehead atoms. The first-order valence-electron chi connectivity index (χ1n) is 5.84. The van der Waals surface area contributed by atoms with Crippen LogP contribution in [0.3, 0.4) is 0 Å². The minimum atomic E-state index is 0.157. The predicted molar refractivity (Wildman–Crippen MR) is 65.5 cm³/mol. The second kappa shape index (κ2) is 4.66. The van der Waals surface area contributed by atoms with Crippen LogP contribution in [0, 0.1) is 0 Å². The van der Waals surface area contributed by atoms with Crippen molar-refractivity contribution in [2.75, 3.05) is 6.61 Å². The molecule has 2 rings (SSSR count). The van der Waals surface area contributed by atoms with E-state index in [2.05, 4.69) is 29.5 Å². The zero-order chi connectivity index (χ0) is 11.5. The van der Waals surface area contributed by atoms with Crippen molar-refractivity contribution < 1.29 is 5.11 Å². The fourth-order valence-corrected chi connectivity index (χ4v) is 1.99. The van der Waals surface area contributed by atoms with Gasteiger partial charge >= 0.3 is 0 Å². The Hall–Kier alpha value is -1.35. The van der Waals surface area contributed by atoms with E-state index in [1.807, 2.05) is 18.2 Å². The zero-order valence-electron chi connectivity index (χ0n) is 9.85. The van der Waals surface area contributed by atoms with E-state index < -0.39 is 0 Å². The van der Waals surface area contributed by atoms with Gasteiger partial charge in [0.15, 0.2) is 0 Å². The summed E-state index contributed by atoms with van der Waals surface area (Å²) in [6.07, 6.45) is 1.06. The number of hydrogen-bond acceptors (Lipinski definition) is 2. The third kappa shape index (κ3) is 1.83. The highest BCUT2D eigenvalue weighted by atomic mass is 16.3. The minimum Gasteiger partial charge on any atom is -0.395 e. The largest absolute Gasteiger partial charge is 0.395 e. The van der Waals surface area contributed by atoms with Crippen LogP contribution < -0.4 is 0 Å². The number of rotatable bonds is 4. The smallest absolute Gasteiger partial charge is 0.112 e. The summed E-state index contributed by atoms with van der Waals surface area (Å²) in [6, 6.07) is 8.09. The van der Waals surface area contributed by atoms with E-state index in [4.69, 9.17) is 5.11 Å². The number of fused-ring (bicyclic) bond motifs is 1. The van der Waals surface area contributed by atoms with Crippen molar-refractivity contribution in [2.45, 2.75) is 32.7 Å². The van der Waals surface area contributed by atoms with E-state index in [1.54, 1.807) is 0 Å². The first kappa shape index (κ1) is 11.1. The topological polar surface area (TPSA) is 38.0 Å². The predicted octanol–water partition coefficient (Wildman–Crippen LogP) is 2.54. The quantitative estimate of drug-likeness (QED) is 0.856. The Labute approximate surface area is 95.7 Å². The number of benzene rings is 1. The zero-order valence-corrected chi connectivity index (χ0v) is 9.85. The SMILES string of the molecule is CCC(C)c1nc2ccccc2n1CCO. The molecule has 0 saturated carbocycles. The molecule has 3 nitrogen and oxygen atoms in total. The van der Waals surface area contributed by atoms with E-state index in [0.717, 1.165) is 23.3 Å². The summed E-state index contributed by atoms with van der Waals surface area (Å²) in [4.78, 5) is 4.65. The molecule has 0 amide bonds. The summed E-state index contributed by atoms with van der Waals surface area (Å²) < 4.78 is 2.13. The standard InChI is InChI=1S/C13H18N2O/c1-3-10(2)13-14-11-6-4-5-7-12(11)15(13)8-9-16/h4-7,10,16H,3,8-9H2,1-2H3. The molecule has 1 aromatic carbocycles. The van der Waals surface area contributed by atoms with Crippen molar-refractivity contribution in [2.24, 2.45) is 0 Å². The van der Waals surface area contributed by atoms with Crippen molar-refractivity contribution >= 4 is 11.0 Å². The molecule has 0 radical (unpaired) electrons. The maximum atomic E-state index is 9.13. The lowest BCUT2D eigenvalue weighted by atomic mass is 10.1. The van der Waals surface area contributed by atoms with E-state index in [9.17, 15) is 0 Å².